The zero-order valence-corrected chi connectivity index (χ0v) is 9.45. The molecule has 0 atom stereocenters. The van der Waals surface area contributed by atoms with Crippen molar-refractivity contribution in [1.29, 1.82) is 0 Å². The lowest BCUT2D eigenvalue weighted by molar-refractivity contribution is -0.385. The lowest BCUT2D eigenvalue weighted by Gasteiger charge is -2.05. The van der Waals surface area contributed by atoms with E-state index in [-0.39, 0.29) is 28.6 Å². The lowest BCUT2D eigenvalue weighted by atomic mass is 10.1. The minimum Gasteiger partial charge on any atom is -0.462 e. The van der Waals surface area contributed by atoms with Crippen molar-refractivity contribution in [2.75, 3.05) is 6.61 Å². The number of esters is 1. The first-order valence-corrected chi connectivity index (χ1v) is 4.83. The number of carbonyl (C=O) groups excluding carboxylic acids is 1. The van der Waals surface area contributed by atoms with E-state index in [0.717, 1.165) is 0 Å². The number of ether oxygens (including phenoxy) is 1. The van der Waals surface area contributed by atoms with E-state index in [9.17, 15) is 14.9 Å². The summed E-state index contributed by atoms with van der Waals surface area (Å²) in [6.07, 6.45) is 1.17. The second kappa shape index (κ2) is 4.89. The Labute approximate surface area is 96.3 Å². The minimum atomic E-state index is -0.673. The summed E-state index contributed by atoms with van der Waals surface area (Å²) in [5.41, 5.74) is -0.159. The average Bonchev–Trinajstić information content (AvgIpc) is 2.17. The molecule has 0 saturated carbocycles. The van der Waals surface area contributed by atoms with Crippen LogP contribution in [0.4, 0.5) is 5.69 Å². The number of rotatable bonds is 3. The molecule has 0 radical (unpaired) electrons. The highest BCUT2D eigenvalue weighted by Crippen LogP contribution is 2.28. The van der Waals surface area contributed by atoms with Gasteiger partial charge in [0.2, 0.25) is 5.15 Å². The summed E-state index contributed by atoms with van der Waals surface area (Å²) in [5.74, 6) is -0.646. The van der Waals surface area contributed by atoms with E-state index in [1.54, 1.807) is 6.92 Å². The molecule has 0 saturated heterocycles. The number of hydrogen-bond donors (Lipinski definition) is 0. The second-order valence-corrected chi connectivity index (χ2v) is 3.27. The van der Waals surface area contributed by atoms with Gasteiger partial charge in [-0.2, -0.15) is 0 Å². The van der Waals surface area contributed by atoms with Crippen LogP contribution in [0.3, 0.4) is 0 Å². The van der Waals surface area contributed by atoms with E-state index in [2.05, 4.69) is 4.98 Å². The van der Waals surface area contributed by atoms with E-state index in [0.29, 0.717) is 0 Å². The fourth-order valence-corrected chi connectivity index (χ4v) is 1.45. The van der Waals surface area contributed by atoms with Crippen molar-refractivity contribution >= 4 is 23.3 Å². The van der Waals surface area contributed by atoms with Gasteiger partial charge in [-0.1, -0.05) is 11.6 Å². The van der Waals surface area contributed by atoms with Gasteiger partial charge in [-0.3, -0.25) is 10.1 Å². The molecule has 0 aliphatic heterocycles. The summed E-state index contributed by atoms with van der Waals surface area (Å²) in [7, 11) is 0. The van der Waals surface area contributed by atoms with Gasteiger partial charge in [-0.25, -0.2) is 9.78 Å². The largest absolute Gasteiger partial charge is 0.462 e. The molecule has 0 aliphatic carbocycles. The summed E-state index contributed by atoms with van der Waals surface area (Å²) in [6, 6.07) is 0. The molecule has 86 valence electrons. The molecule has 1 aromatic rings. The molecule has 1 rings (SSSR count). The van der Waals surface area contributed by atoms with Crippen LogP contribution in [0.1, 0.15) is 22.8 Å². The van der Waals surface area contributed by atoms with Crippen molar-refractivity contribution in [1.82, 2.24) is 4.98 Å². The van der Waals surface area contributed by atoms with Crippen molar-refractivity contribution < 1.29 is 14.5 Å². The van der Waals surface area contributed by atoms with E-state index < -0.39 is 10.9 Å². The number of pyridine rings is 1. The van der Waals surface area contributed by atoms with Gasteiger partial charge >= 0.3 is 11.7 Å². The predicted octanol–water partition coefficient (Wildman–Crippen LogP) is 2.13. The minimum absolute atomic E-state index is 0.0537. The molecular weight excluding hydrogens is 236 g/mol. The van der Waals surface area contributed by atoms with Crippen LogP contribution in [0.25, 0.3) is 0 Å². The normalized spacial score (nSPS) is 9.94. The third-order valence-corrected chi connectivity index (χ3v) is 2.22. The number of nitro groups is 1. The van der Waals surface area contributed by atoms with E-state index in [1.165, 1.54) is 13.1 Å². The molecule has 0 amide bonds. The Hall–Kier alpha value is -1.69. The summed E-state index contributed by atoms with van der Waals surface area (Å²) >= 11 is 5.57. The van der Waals surface area contributed by atoms with Crippen LogP contribution in [-0.4, -0.2) is 22.5 Å². The first kappa shape index (κ1) is 12.4. The summed E-state index contributed by atoms with van der Waals surface area (Å²) in [6.45, 7) is 3.26. The SMILES string of the molecule is CCOC(=O)c1cnc(Cl)c([N+](=O)[O-])c1C. The quantitative estimate of drug-likeness (QED) is 0.352. The smallest absolute Gasteiger partial charge is 0.340 e. The van der Waals surface area contributed by atoms with Gasteiger partial charge in [0.05, 0.1) is 17.1 Å². The molecule has 0 fully saturated rings. The van der Waals surface area contributed by atoms with Crippen LogP contribution in [0.5, 0.6) is 0 Å². The van der Waals surface area contributed by atoms with Crippen molar-refractivity contribution in [3.63, 3.8) is 0 Å². The lowest BCUT2D eigenvalue weighted by Crippen LogP contribution is -2.09. The molecule has 1 heterocycles. The number of carbonyl (C=O) groups is 1. The zero-order chi connectivity index (χ0) is 12.3. The molecule has 7 heteroatoms. The fraction of sp³-hybridized carbons (Fsp3) is 0.333. The van der Waals surface area contributed by atoms with Crippen molar-refractivity contribution in [3.05, 3.63) is 32.6 Å². The number of hydrogen-bond acceptors (Lipinski definition) is 5. The molecule has 0 bridgehead atoms. The van der Waals surface area contributed by atoms with E-state index >= 15 is 0 Å². The number of aromatic nitrogens is 1. The highest BCUT2D eigenvalue weighted by molar-refractivity contribution is 6.31. The molecule has 1 aromatic heterocycles. The van der Waals surface area contributed by atoms with Crippen LogP contribution in [0, 0.1) is 17.0 Å². The Morgan fingerprint density at radius 3 is 2.81 bits per heavy atom. The van der Waals surface area contributed by atoms with Gasteiger partial charge < -0.3 is 4.74 Å². The third-order valence-electron chi connectivity index (χ3n) is 1.94. The maximum Gasteiger partial charge on any atom is 0.340 e. The van der Waals surface area contributed by atoms with Gasteiger partial charge in [0.15, 0.2) is 0 Å². The van der Waals surface area contributed by atoms with Gasteiger partial charge in [-0.05, 0) is 13.8 Å². The topological polar surface area (TPSA) is 82.3 Å². The highest BCUT2D eigenvalue weighted by atomic mass is 35.5. The standard InChI is InChI=1S/C9H9ClN2O4/c1-3-16-9(13)6-4-11-8(10)7(5(6)2)12(14)15/h4H,3H2,1-2H3. The number of halogens is 1. The molecule has 0 aromatic carbocycles. The summed E-state index contributed by atoms with van der Waals surface area (Å²) < 4.78 is 4.74. The second-order valence-electron chi connectivity index (χ2n) is 2.91. The monoisotopic (exact) mass is 244 g/mol. The van der Waals surface area contributed by atoms with Gasteiger partial charge in [-0.15, -0.1) is 0 Å². The number of nitrogens with zero attached hydrogens (tertiary/aromatic N) is 2. The van der Waals surface area contributed by atoms with Crippen LogP contribution < -0.4 is 0 Å². The third kappa shape index (κ3) is 2.27. The highest BCUT2D eigenvalue weighted by Gasteiger charge is 2.24. The van der Waals surface area contributed by atoms with Crippen molar-refractivity contribution in [2.24, 2.45) is 0 Å². The molecule has 16 heavy (non-hydrogen) atoms. The van der Waals surface area contributed by atoms with Gasteiger partial charge in [0, 0.05) is 11.8 Å². The van der Waals surface area contributed by atoms with Crippen molar-refractivity contribution in [3.8, 4) is 0 Å². The van der Waals surface area contributed by atoms with Crippen LogP contribution >= 0.6 is 11.6 Å². The Balaban J connectivity index is 3.29. The van der Waals surface area contributed by atoms with Crippen LogP contribution in [0.2, 0.25) is 5.15 Å². The molecule has 0 spiro atoms. The predicted molar refractivity (Wildman–Crippen MR) is 56.6 cm³/mol. The average molecular weight is 245 g/mol. The summed E-state index contributed by atoms with van der Waals surface area (Å²) in [5, 5.41) is 10.5. The maximum atomic E-state index is 11.4. The van der Waals surface area contributed by atoms with Crippen molar-refractivity contribution in [2.45, 2.75) is 13.8 Å². The Kier molecular flexibility index (Phi) is 3.78. The first-order valence-electron chi connectivity index (χ1n) is 4.45. The molecule has 0 unspecified atom stereocenters. The first-order chi connectivity index (χ1) is 7.49. The molecule has 6 nitrogen and oxygen atoms in total. The van der Waals surface area contributed by atoms with E-state index in [1.807, 2.05) is 0 Å². The molecular formula is C9H9ClN2O4. The van der Waals surface area contributed by atoms with Crippen LogP contribution in [0.15, 0.2) is 6.20 Å². The maximum absolute atomic E-state index is 11.4. The van der Waals surface area contributed by atoms with Gasteiger partial charge in [0.1, 0.15) is 0 Å². The Bertz CT molecular complexity index is 447. The summed E-state index contributed by atoms with van der Waals surface area (Å²) in [4.78, 5) is 25.0. The fourth-order valence-electron chi connectivity index (χ4n) is 1.19. The van der Waals surface area contributed by atoms with Gasteiger partial charge in [0.25, 0.3) is 0 Å². The van der Waals surface area contributed by atoms with Crippen LogP contribution in [-0.2, 0) is 4.74 Å². The zero-order valence-electron chi connectivity index (χ0n) is 8.69. The van der Waals surface area contributed by atoms with E-state index in [4.69, 9.17) is 16.3 Å². The molecule has 0 N–H and O–H groups in total. The Morgan fingerprint density at radius 2 is 2.31 bits per heavy atom. The molecule has 0 aliphatic rings. The Morgan fingerprint density at radius 1 is 1.69 bits per heavy atom.